The fourth-order valence-electron chi connectivity index (χ4n) is 2.35. The summed E-state index contributed by atoms with van der Waals surface area (Å²) >= 11 is 1.45. The number of benzene rings is 1. The number of nitrogens with zero attached hydrogens (tertiary/aromatic N) is 2. The third-order valence-electron chi connectivity index (χ3n) is 3.62. The van der Waals surface area contributed by atoms with Crippen molar-refractivity contribution in [3.63, 3.8) is 0 Å². The van der Waals surface area contributed by atoms with Crippen LogP contribution < -0.4 is 15.0 Å². The monoisotopic (exact) mass is 445 g/mol. The van der Waals surface area contributed by atoms with Crippen LogP contribution in [-0.4, -0.2) is 31.1 Å². The molecule has 0 aliphatic heterocycles. The molecule has 0 fully saturated rings. The van der Waals surface area contributed by atoms with Crippen LogP contribution in [-0.2, 0) is 16.6 Å². The highest BCUT2D eigenvalue weighted by Crippen LogP contribution is 2.24. The predicted molar refractivity (Wildman–Crippen MR) is 100 cm³/mol. The molecule has 0 saturated heterocycles. The summed E-state index contributed by atoms with van der Waals surface area (Å²) < 4.78 is 68.2. The molecule has 12 heteroatoms. The SMILES string of the molecule is O=c1ccc(-c2cccs2)nn1CCNS(=O)(=O)c1ccc(OC(F)(F)F)cc1. The van der Waals surface area contributed by atoms with E-state index in [1.165, 1.54) is 17.4 Å². The van der Waals surface area contributed by atoms with E-state index >= 15 is 0 Å². The molecular formula is C17H14F3N3O4S2. The van der Waals surface area contributed by atoms with Crippen LogP contribution >= 0.6 is 11.3 Å². The number of thiophene rings is 1. The summed E-state index contributed by atoms with van der Waals surface area (Å²) in [7, 11) is -3.98. The van der Waals surface area contributed by atoms with Gasteiger partial charge in [-0.15, -0.1) is 24.5 Å². The molecular weight excluding hydrogens is 431 g/mol. The van der Waals surface area contributed by atoms with E-state index in [4.69, 9.17) is 0 Å². The van der Waals surface area contributed by atoms with E-state index in [0.717, 1.165) is 33.8 Å². The van der Waals surface area contributed by atoms with Gasteiger partial charge in [-0.3, -0.25) is 4.79 Å². The Labute approximate surface area is 167 Å². The highest BCUT2D eigenvalue weighted by atomic mass is 32.2. The lowest BCUT2D eigenvalue weighted by molar-refractivity contribution is -0.274. The van der Waals surface area contributed by atoms with E-state index in [0.29, 0.717) is 5.69 Å². The molecule has 2 heterocycles. The van der Waals surface area contributed by atoms with Gasteiger partial charge in [0.2, 0.25) is 10.0 Å². The standard InChI is InChI=1S/C17H14F3N3O4S2/c18-17(19,20)27-12-3-5-13(6-4-12)29(25,26)21-9-10-23-16(24)8-7-14(22-23)15-2-1-11-28-15/h1-8,11,21H,9-10H2. The second-order valence-electron chi connectivity index (χ2n) is 5.67. The smallest absolute Gasteiger partial charge is 0.406 e. The summed E-state index contributed by atoms with van der Waals surface area (Å²) in [6.07, 6.45) is -4.86. The molecule has 0 atom stereocenters. The van der Waals surface area contributed by atoms with Gasteiger partial charge in [0.05, 0.1) is 16.3 Å². The molecule has 0 aliphatic carbocycles. The number of hydrogen-bond donors (Lipinski definition) is 1. The van der Waals surface area contributed by atoms with Crippen LogP contribution in [0.5, 0.6) is 5.75 Å². The molecule has 0 amide bonds. The molecule has 0 aliphatic rings. The first-order valence-corrected chi connectivity index (χ1v) is 10.5. The minimum atomic E-state index is -4.86. The maximum Gasteiger partial charge on any atom is 0.573 e. The molecule has 7 nitrogen and oxygen atoms in total. The summed E-state index contributed by atoms with van der Waals surface area (Å²) in [5, 5.41) is 6.08. The van der Waals surface area contributed by atoms with Crippen LogP contribution in [0.4, 0.5) is 13.2 Å². The molecule has 2 aromatic heterocycles. The Hall–Kier alpha value is -2.70. The van der Waals surface area contributed by atoms with Crippen molar-refractivity contribution in [2.75, 3.05) is 6.54 Å². The van der Waals surface area contributed by atoms with Gasteiger partial charge in [0.15, 0.2) is 0 Å². The Morgan fingerprint density at radius 3 is 2.45 bits per heavy atom. The molecule has 3 rings (SSSR count). The molecule has 1 aromatic carbocycles. The fourth-order valence-corrected chi connectivity index (χ4v) is 4.07. The van der Waals surface area contributed by atoms with Crippen LogP contribution in [0, 0.1) is 0 Å². The number of nitrogens with one attached hydrogen (secondary N) is 1. The molecule has 3 aromatic rings. The molecule has 0 saturated carbocycles. The molecule has 0 bridgehead atoms. The number of hydrogen-bond acceptors (Lipinski definition) is 6. The maximum absolute atomic E-state index is 12.3. The summed E-state index contributed by atoms with van der Waals surface area (Å²) in [6, 6.07) is 10.4. The fraction of sp³-hybridized carbons (Fsp3) is 0.176. The van der Waals surface area contributed by atoms with E-state index < -0.39 is 27.7 Å². The number of aromatic nitrogens is 2. The van der Waals surface area contributed by atoms with Gasteiger partial charge in [-0.2, -0.15) is 5.10 Å². The third kappa shape index (κ3) is 5.65. The number of rotatable bonds is 7. The Balaban J connectivity index is 1.65. The van der Waals surface area contributed by atoms with E-state index in [-0.39, 0.29) is 18.0 Å². The Kier molecular flexibility index (Phi) is 6.05. The van der Waals surface area contributed by atoms with Gasteiger partial charge in [-0.05, 0) is 41.8 Å². The number of alkyl halides is 3. The van der Waals surface area contributed by atoms with Gasteiger partial charge in [0, 0.05) is 12.6 Å². The lowest BCUT2D eigenvalue weighted by Crippen LogP contribution is -2.32. The first-order valence-electron chi connectivity index (χ1n) is 8.12. The lowest BCUT2D eigenvalue weighted by atomic mass is 10.3. The first kappa shape index (κ1) is 21.0. The summed E-state index contributed by atoms with van der Waals surface area (Å²) in [5.74, 6) is -0.530. The van der Waals surface area contributed by atoms with Crippen LogP contribution in [0.3, 0.4) is 0 Å². The van der Waals surface area contributed by atoms with E-state index in [1.54, 1.807) is 6.07 Å². The van der Waals surface area contributed by atoms with Crippen molar-refractivity contribution in [1.29, 1.82) is 0 Å². The van der Waals surface area contributed by atoms with Crippen molar-refractivity contribution in [2.24, 2.45) is 0 Å². The molecule has 0 unspecified atom stereocenters. The van der Waals surface area contributed by atoms with E-state index in [1.807, 2.05) is 17.5 Å². The second kappa shape index (κ2) is 8.35. The van der Waals surface area contributed by atoms with E-state index in [2.05, 4.69) is 14.6 Å². The molecule has 0 radical (unpaired) electrons. The third-order valence-corrected chi connectivity index (χ3v) is 5.99. The zero-order chi connectivity index (χ0) is 21.1. The average molecular weight is 445 g/mol. The van der Waals surface area contributed by atoms with Gasteiger partial charge < -0.3 is 4.74 Å². The molecule has 1 N–H and O–H groups in total. The zero-order valence-electron chi connectivity index (χ0n) is 14.6. The number of ether oxygens (including phenoxy) is 1. The minimum Gasteiger partial charge on any atom is -0.406 e. The zero-order valence-corrected chi connectivity index (χ0v) is 16.2. The minimum absolute atomic E-state index is 0.0213. The van der Waals surface area contributed by atoms with Crippen molar-refractivity contribution in [2.45, 2.75) is 17.8 Å². The molecule has 154 valence electrons. The van der Waals surface area contributed by atoms with Gasteiger partial charge >= 0.3 is 6.36 Å². The normalized spacial score (nSPS) is 12.1. The molecule has 0 spiro atoms. The van der Waals surface area contributed by atoms with Gasteiger partial charge in [0.25, 0.3) is 5.56 Å². The van der Waals surface area contributed by atoms with Gasteiger partial charge in [0.1, 0.15) is 11.4 Å². The highest BCUT2D eigenvalue weighted by molar-refractivity contribution is 7.89. The summed E-state index contributed by atoms with van der Waals surface area (Å²) in [4.78, 5) is 12.6. The van der Waals surface area contributed by atoms with E-state index in [9.17, 15) is 26.4 Å². The maximum atomic E-state index is 12.3. The van der Waals surface area contributed by atoms with Crippen molar-refractivity contribution in [1.82, 2.24) is 14.5 Å². The lowest BCUT2D eigenvalue weighted by Gasteiger charge is -2.11. The van der Waals surface area contributed by atoms with Crippen LogP contribution in [0.2, 0.25) is 0 Å². The average Bonchev–Trinajstić information content (AvgIpc) is 3.17. The van der Waals surface area contributed by atoms with Crippen molar-refractivity contribution in [3.05, 3.63) is 64.3 Å². The largest absolute Gasteiger partial charge is 0.573 e. The van der Waals surface area contributed by atoms with Crippen LogP contribution in [0.1, 0.15) is 0 Å². The van der Waals surface area contributed by atoms with Crippen molar-refractivity contribution < 1.29 is 26.3 Å². The Bertz CT molecular complexity index is 1130. The second-order valence-corrected chi connectivity index (χ2v) is 8.39. The van der Waals surface area contributed by atoms with Gasteiger partial charge in [-0.25, -0.2) is 17.8 Å². The quantitative estimate of drug-likeness (QED) is 0.604. The topological polar surface area (TPSA) is 90.3 Å². The highest BCUT2D eigenvalue weighted by Gasteiger charge is 2.31. The van der Waals surface area contributed by atoms with Crippen LogP contribution in [0.15, 0.2) is 63.6 Å². The van der Waals surface area contributed by atoms with Crippen LogP contribution in [0.25, 0.3) is 10.6 Å². The number of halogens is 3. The van der Waals surface area contributed by atoms with Crippen molar-refractivity contribution in [3.8, 4) is 16.3 Å². The summed E-state index contributed by atoms with van der Waals surface area (Å²) in [5.41, 5.74) is 0.195. The Morgan fingerprint density at radius 1 is 1.10 bits per heavy atom. The predicted octanol–water partition coefficient (Wildman–Crippen LogP) is 2.85. The summed E-state index contributed by atoms with van der Waals surface area (Å²) in [6.45, 7) is -0.156. The van der Waals surface area contributed by atoms with Crippen molar-refractivity contribution >= 4 is 21.4 Å². The molecule has 29 heavy (non-hydrogen) atoms. The van der Waals surface area contributed by atoms with Gasteiger partial charge in [-0.1, -0.05) is 6.07 Å². The first-order chi connectivity index (χ1) is 13.6. The number of sulfonamides is 1. The Morgan fingerprint density at radius 2 is 1.83 bits per heavy atom.